The summed E-state index contributed by atoms with van der Waals surface area (Å²) in [6.45, 7) is 14.5. The number of carboxylic acids is 1. The molecule has 0 aliphatic carbocycles. The van der Waals surface area contributed by atoms with Crippen LogP contribution < -0.4 is 9.16 Å². The number of pyridine rings is 1. The molecule has 0 spiro atoms. The van der Waals surface area contributed by atoms with Crippen molar-refractivity contribution >= 4 is 31.5 Å². The first-order chi connectivity index (χ1) is 13.3. The fourth-order valence-corrected chi connectivity index (χ4v) is 3.72. The summed E-state index contributed by atoms with van der Waals surface area (Å²) in [6.07, 6.45) is 2.81. The molecular weight excluding hydrogens is 406 g/mol. The van der Waals surface area contributed by atoms with Crippen molar-refractivity contribution in [2.75, 3.05) is 0 Å². The second-order valence-corrected chi connectivity index (χ2v) is 13.7. The number of benzene rings is 1. The van der Waals surface area contributed by atoms with Gasteiger partial charge in [-0.25, -0.2) is 9.78 Å². The van der Waals surface area contributed by atoms with E-state index in [1.807, 2.05) is 19.1 Å². The maximum Gasteiger partial charge on any atom is 0.328 e. The average molecular weight is 434 g/mol. The molecule has 0 fully saturated rings. The van der Waals surface area contributed by atoms with Crippen LogP contribution in [0.3, 0.4) is 0 Å². The molecule has 0 saturated heterocycles. The van der Waals surface area contributed by atoms with Gasteiger partial charge in [-0.15, -0.1) is 0 Å². The Hall–Kier alpha value is -2.31. The summed E-state index contributed by atoms with van der Waals surface area (Å²) in [7, 11) is -1.93. The molecule has 0 amide bonds. The van der Waals surface area contributed by atoms with Gasteiger partial charge in [0.1, 0.15) is 5.75 Å². The van der Waals surface area contributed by atoms with Gasteiger partial charge in [0.2, 0.25) is 5.88 Å². The third-order valence-electron chi connectivity index (χ3n) is 5.12. The number of carbonyl (C=O) groups is 1. The lowest BCUT2D eigenvalue weighted by atomic mass is 10.0. The number of aliphatic carboxylic acids is 1. The van der Waals surface area contributed by atoms with Crippen molar-refractivity contribution in [1.29, 1.82) is 0 Å². The molecule has 0 atom stereocenters. The lowest BCUT2D eigenvalue weighted by Crippen LogP contribution is -2.43. The van der Waals surface area contributed by atoms with Gasteiger partial charge in [0.25, 0.3) is 8.32 Å². The number of aromatic nitrogens is 1. The smallest absolute Gasteiger partial charge is 0.328 e. The van der Waals surface area contributed by atoms with Crippen LogP contribution >= 0.6 is 11.6 Å². The van der Waals surface area contributed by atoms with Crippen LogP contribution in [-0.2, 0) is 4.79 Å². The molecule has 0 saturated carbocycles. The van der Waals surface area contributed by atoms with Gasteiger partial charge in [-0.1, -0.05) is 32.4 Å². The highest BCUT2D eigenvalue weighted by Gasteiger charge is 2.39. The van der Waals surface area contributed by atoms with E-state index in [4.69, 9.17) is 25.9 Å². The third kappa shape index (κ3) is 5.84. The molecule has 29 heavy (non-hydrogen) atoms. The van der Waals surface area contributed by atoms with Gasteiger partial charge in [-0.05, 0) is 66.9 Å². The molecule has 1 aromatic carbocycles. The highest BCUT2D eigenvalue weighted by Crippen LogP contribution is 2.38. The fourth-order valence-electron chi connectivity index (χ4n) is 2.40. The molecule has 0 radical (unpaired) electrons. The summed E-state index contributed by atoms with van der Waals surface area (Å²) in [4.78, 5) is 15.2. The normalized spacial score (nSPS) is 12.6. The summed E-state index contributed by atoms with van der Waals surface area (Å²) in [5, 5.41) is 9.41. The van der Waals surface area contributed by atoms with E-state index in [1.165, 1.54) is 0 Å². The zero-order valence-corrected chi connectivity index (χ0v) is 19.7. The number of rotatable bonds is 6. The first-order valence-electron chi connectivity index (χ1n) is 9.35. The van der Waals surface area contributed by atoms with Crippen molar-refractivity contribution in [2.24, 2.45) is 0 Å². The molecular formula is C22H28ClNO4Si. The van der Waals surface area contributed by atoms with Crippen LogP contribution in [0.15, 0.2) is 36.5 Å². The van der Waals surface area contributed by atoms with Crippen LogP contribution in [0.25, 0.3) is 5.57 Å². The predicted molar refractivity (Wildman–Crippen MR) is 120 cm³/mol. The lowest BCUT2D eigenvalue weighted by Gasteiger charge is -2.36. The monoisotopic (exact) mass is 433 g/mol. The molecule has 1 N–H and O–H groups in total. The molecule has 0 bridgehead atoms. The van der Waals surface area contributed by atoms with Crippen LogP contribution in [0.2, 0.25) is 23.2 Å². The van der Waals surface area contributed by atoms with E-state index in [-0.39, 0.29) is 5.04 Å². The number of aryl methyl sites for hydroxylation is 1. The number of carboxylic acid groups (broad SMARTS) is 1. The number of halogens is 1. The summed E-state index contributed by atoms with van der Waals surface area (Å²) in [6, 6.07) is 7.13. The number of hydrogen-bond donors (Lipinski definition) is 1. The molecule has 156 valence electrons. The Morgan fingerprint density at radius 3 is 2.38 bits per heavy atom. The minimum Gasteiger partial charge on any atom is -0.542 e. The standard InChI is InChI=1S/C22H28ClNO4Si/c1-14(11-20(25)26)16-10-15(2)21(18(23)12-16)27-19-9-8-17(13-24-19)28-29(6,7)22(3,4)5/h8-13H,1-7H3,(H,25,26)/b14-11-. The van der Waals surface area contributed by atoms with Crippen molar-refractivity contribution in [3.63, 3.8) is 0 Å². The van der Waals surface area contributed by atoms with Crippen molar-refractivity contribution in [1.82, 2.24) is 4.98 Å². The van der Waals surface area contributed by atoms with Gasteiger partial charge in [-0.2, -0.15) is 0 Å². The van der Waals surface area contributed by atoms with E-state index in [2.05, 4.69) is 38.8 Å². The van der Waals surface area contributed by atoms with Crippen LogP contribution in [0, 0.1) is 6.92 Å². The zero-order chi connectivity index (χ0) is 22.0. The van der Waals surface area contributed by atoms with E-state index in [9.17, 15) is 4.79 Å². The van der Waals surface area contributed by atoms with Gasteiger partial charge in [0.15, 0.2) is 5.75 Å². The second kappa shape index (κ2) is 8.59. The SMILES string of the molecule is C/C(=C/C(=O)O)c1cc(C)c(Oc2ccc(O[Si](C)(C)C(C)(C)C)cn2)c(Cl)c1. The first-order valence-corrected chi connectivity index (χ1v) is 12.6. The topological polar surface area (TPSA) is 68.7 Å². The molecule has 0 unspecified atom stereocenters. The van der Waals surface area contributed by atoms with Gasteiger partial charge < -0.3 is 14.3 Å². The van der Waals surface area contributed by atoms with Crippen LogP contribution in [-0.4, -0.2) is 24.4 Å². The van der Waals surface area contributed by atoms with Gasteiger partial charge in [0.05, 0.1) is 11.2 Å². The van der Waals surface area contributed by atoms with E-state index in [1.54, 1.807) is 25.3 Å². The largest absolute Gasteiger partial charge is 0.542 e. The maximum absolute atomic E-state index is 10.9. The van der Waals surface area contributed by atoms with Gasteiger partial charge >= 0.3 is 5.97 Å². The average Bonchev–Trinajstić information content (AvgIpc) is 2.57. The highest BCUT2D eigenvalue weighted by molar-refractivity contribution is 6.74. The second-order valence-electron chi connectivity index (χ2n) is 8.57. The number of allylic oxidation sites excluding steroid dienone is 1. The van der Waals surface area contributed by atoms with Crippen LogP contribution in [0.5, 0.6) is 17.4 Å². The maximum atomic E-state index is 10.9. The van der Waals surface area contributed by atoms with Crippen LogP contribution in [0.1, 0.15) is 38.8 Å². The molecule has 7 heteroatoms. The quantitative estimate of drug-likeness (QED) is 0.405. The Bertz CT molecular complexity index is 908. The van der Waals surface area contributed by atoms with E-state index in [0.717, 1.165) is 23.0 Å². The van der Waals surface area contributed by atoms with Crippen molar-refractivity contribution in [3.05, 3.63) is 52.7 Å². The Morgan fingerprint density at radius 1 is 1.24 bits per heavy atom. The fraction of sp³-hybridized carbons (Fsp3) is 0.364. The summed E-state index contributed by atoms with van der Waals surface area (Å²) < 4.78 is 12.1. The summed E-state index contributed by atoms with van der Waals surface area (Å²) in [5.74, 6) is 0.615. The minimum atomic E-state index is -1.93. The summed E-state index contributed by atoms with van der Waals surface area (Å²) >= 11 is 6.39. The summed E-state index contributed by atoms with van der Waals surface area (Å²) in [5.41, 5.74) is 2.13. The van der Waals surface area contributed by atoms with Crippen LogP contribution in [0.4, 0.5) is 0 Å². The number of hydrogen-bond acceptors (Lipinski definition) is 4. The Morgan fingerprint density at radius 2 is 1.90 bits per heavy atom. The molecule has 5 nitrogen and oxygen atoms in total. The molecule has 1 aromatic heterocycles. The molecule has 0 aliphatic heterocycles. The van der Waals surface area contributed by atoms with Gasteiger partial charge in [0, 0.05) is 12.1 Å². The highest BCUT2D eigenvalue weighted by atomic mass is 35.5. The number of nitrogens with zero attached hydrogens (tertiary/aromatic N) is 1. The third-order valence-corrected chi connectivity index (χ3v) is 9.76. The Labute approximate surface area is 178 Å². The van der Waals surface area contributed by atoms with E-state index in [0.29, 0.717) is 22.2 Å². The van der Waals surface area contributed by atoms with Crippen molar-refractivity contribution in [2.45, 2.75) is 52.8 Å². The van der Waals surface area contributed by atoms with Crippen molar-refractivity contribution in [3.8, 4) is 17.4 Å². The van der Waals surface area contributed by atoms with Crippen molar-refractivity contribution < 1.29 is 19.1 Å². The first kappa shape index (κ1) is 23.0. The zero-order valence-electron chi connectivity index (χ0n) is 18.0. The number of ether oxygens (including phenoxy) is 1. The molecule has 2 rings (SSSR count). The molecule has 1 heterocycles. The lowest BCUT2D eigenvalue weighted by molar-refractivity contribution is -0.131. The molecule has 2 aromatic rings. The Kier molecular flexibility index (Phi) is 6.81. The van der Waals surface area contributed by atoms with E-state index >= 15 is 0 Å². The molecule has 0 aliphatic rings. The van der Waals surface area contributed by atoms with Gasteiger partial charge in [-0.3, -0.25) is 0 Å². The minimum absolute atomic E-state index is 0.0990. The Balaban J connectivity index is 2.21. The van der Waals surface area contributed by atoms with E-state index < -0.39 is 14.3 Å². The predicted octanol–water partition coefficient (Wildman–Crippen LogP) is 6.71.